The first kappa shape index (κ1) is 34.2. The van der Waals surface area contributed by atoms with Crippen molar-refractivity contribution in [3.05, 3.63) is 52.6 Å². The van der Waals surface area contributed by atoms with Crippen LogP contribution in [0.1, 0.15) is 71.1 Å². The Balaban J connectivity index is 0.00000631. The Hall–Kier alpha value is -2.78. The van der Waals surface area contributed by atoms with E-state index in [0.717, 1.165) is 18.2 Å². The molecule has 0 aliphatic rings. The minimum absolute atomic E-state index is 0.0285. The topological polar surface area (TPSA) is 46.6 Å². The summed E-state index contributed by atoms with van der Waals surface area (Å²) in [6.45, 7) is 11.1. The lowest BCUT2D eigenvalue weighted by Gasteiger charge is -2.20. The first-order valence-corrected chi connectivity index (χ1v) is 12.2. The molecule has 1 unspecified atom stereocenters. The second-order valence-electron chi connectivity index (χ2n) is 8.09. The van der Waals surface area contributed by atoms with Crippen LogP contribution in [0.2, 0.25) is 0 Å². The molecule has 0 N–H and O–H groups in total. The van der Waals surface area contributed by atoms with E-state index in [4.69, 9.17) is 4.74 Å². The summed E-state index contributed by atoms with van der Waals surface area (Å²) < 4.78 is 85.2. The highest BCUT2D eigenvalue weighted by Gasteiger charge is 2.37. The van der Waals surface area contributed by atoms with Crippen LogP contribution in [0, 0.1) is 5.92 Å². The predicted octanol–water partition coefficient (Wildman–Crippen LogP) is 7.62. The second-order valence-corrected chi connectivity index (χ2v) is 8.09. The van der Waals surface area contributed by atoms with E-state index >= 15 is 0 Å². The van der Waals surface area contributed by atoms with Gasteiger partial charge in [-0.25, -0.2) is 0 Å². The average molecular weight is 538 g/mol. The van der Waals surface area contributed by atoms with Crippen LogP contribution in [0.4, 0.5) is 26.3 Å². The molecule has 1 rings (SSSR count). The number of allylic oxidation sites excluding steroid dienone is 2. The van der Waals surface area contributed by atoms with E-state index in [1.54, 1.807) is 20.8 Å². The van der Waals surface area contributed by atoms with Crippen molar-refractivity contribution in [3.8, 4) is 0 Å². The van der Waals surface area contributed by atoms with Crippen LogP contribution < -0.4 is 0 Å². The van der Waals surface area contributed by atoms with Crippen molar-refractivity contribution in [3.63, 3.8) is 0 Å². The third kappa shape index (κ3) is 13.4. The lowest BCUT2D eigenvalue weighted by Crippen LogP contribution is -2.29. The second kappa shape index (κ2) is 16.1. The van der Waals surface area contributed by atoms with Gasteiger partial charge >= 0.3 is 18.3 Å². The van der Waals surface area contributed by atoms with Gasteiger partial charge in [-0.15, -0.1) is 0 Å². The fourth-order valence-electron chi connectivity index (χ4n) is 3.38. The number of carbonyl (C=O) groups is 2. The van der Waals surface area contributed by atoms with Crippen LogP contribution in [0.15, 0.2) is 35.9 Å². The Labute approximate surface area is 215 Å². The molecular weight excluding hydrogens is 500 g/mol. The van der Waals surface area contributed by atoms with Crippen molar-refractivity contribution in [2.24, 2.45) is 5.92 Å². The number of esters is 1. The van der Waals surface area contributed by atoms with Gasteiger partial charge in [-0.05, 0) is 56.9 Å². The Morgan fingerprint density at radius 2 is 1.65 bits per heavy atom. The third-order valence-electron chi connectivity index (χ3n) is 5.21. The van der Waals surface area contributed by atoms with E-state index in [0.29, 0.717) is 18.7 Å². The van der Waals surface area contributed by atoms with Crippen LogP contribution in [0.5, 0.6) is 0 Å². The fraction of sp³-hybridized carbons (Fsp3) is 0.556. The zero-order valence-electron chi connectivity index (χ0n) is 22.2. The van der Waals surface area contributed by atoms with Crippen molar-refractivity contribution in [2.75, 3.05) is 19.7 Å². The molecule has 1 aromatic carbocycles. The van der Waals surface area contributed by atoms with E-state index in [1.807, 2.05) is 13.8 Å². The van der Waals surface area contributed by atoms with E-state index in [1.165, 1.54) is 30.0 Å². The molecule has 0 aromatic heterocycles. The van der Waals surface area contributed by atoms with Crippen LogP contribution in [-0.2, 0) is 26.9 Å². The third-order valence-corrected chi connectivity index (χ3v) is 5.21. The Morgan fingerprint density at radius 3 is 2.14 bits per heavy atom. The SMILES string of the molecule is CC.CCOC(=O)Cc1cc(/C=C/CC(/C=C(\C)CCN(CC)C(C)=O)C(F)(F)F)cc(C(F)(F)F)c1. The highest BCUT2D eigenvalue weighted by Crippen LogP contribution is 2.33. The van der Waals surface area contributed by atoms with Gasteiger partial charge in [0.25, 0.3) is 0 Å². The summed E-state index contributed by atoms with van der Waals surface area (Å²) in [5, 5.41) is 0. The van der Waals surface area contributed by atoms with E-state index < -0.39 is 36.2 Å². The molecule has 1 amide bonds. The number of halogens is 6. The summed E-state index contributed by atoms with van der Waals surface area (Å²) in [5.74, 6) is -2.71. The Kier molecular flexibility index (Phi) is 14.9. The van der Waals surface area contributed by atoms with Gasteiger partial charge in [-0.2, -0.15) is 26.3 Å². The zero-order chi connectivity index (χ0) is 28.8. The normalized spacial score (nSPS) is 13.1. The van der Waals surface area contributed by atoms with Gasteiger partial charge in [0.2, 0.25) is 5.91 Å². The highest BCUT2D eigenvalue weighted by molar-refractivity contribution is 5.73. The molecule has 4 nitrogen and oxygen atoms in total. The first-order valence-electron chi connectivity index (χ1n) is 12.2. The molecule has 0 saturated heterocycles. The number of amides is 1. The monoisotopic (exact) mass is 537 g/mol. The number of hydrogen-bond acceptors (Lipinski definition) is 3. The van der Waals surface area contributed by atoms with E-state index in [2.05, 4.69) is 0 Å². The standard InChI is InChI=1S/C25H31F6NO3.C2H6/c1-5-32(18(4)33)11-10-17(3)12-21(24(26,27)28)9-7-8-19-13-20(16-23(34)35-6-2)15-22(14-19)25(29,30)31;1-2/h7-8,12-15,21H,5-6,9-11,16H2,1-4H3;1-2H3/b8-7+,17-12+;. The number of ether oxygens (including phenoxy) is 1. The first-order chi connectivity index (χ1) is 17.2. The number of alkyl halides is 6. The van der Waals surface area contributed by atoms with Gasteiger partial charge in [0.1, 0.15) is 0 Å². The minimum Gasteiger partial charge on any atom is -0.466 e. The summed E-state index contributed by atoms with van der Waals surface area (Å²) in [6.07, 6.45) is -6.41. The Morgan fingerprint density at radius 1 is 1.03 bits per heavy atom. The molecule has 0 saturated carbocycles. The van der Waals surface area contributed by atoms with Crippen molar-refractivity contribution in [1.29, 1.82) is 0 Å². The molecule has 0 aliphatic heterocycles. The maximum atomic E-state index is 13.6. The van der Waals surface area contributed by atoms with Gasteiger partial charge < -0.3 is 9.64 Å². The van der Waals surface area contributed by atoms with Crippen molar-refractivity contribution in [1.82, 2.24) is 4.90 Å². The Bertz CT molecular complexity index is 920. The largest absolute Gasteiger partial charge is 0.466 e. The molecule has 0 fully saturated rings. The minimum atomic E-state index is -4.69. The molecule has 210 valence electrons. The summed E-state index contributed by atoms with van der Waals surface area (Å²) in [4.78, 5) is 24.7. The lowest BCUT2D eigenvalue weighted by molar-refractivity contribution is -0.160. The van der Waals surface area contributed by atoms with Crippen LogP contribution in [0.25, 0.3) is 6.08 Å². The average Bonchev–Trinajstić information content (AvgIpc) is 2.78. The maximum absolute atomic E-state index is 13.6. The van der Waals surface area contributed by atoms with Gasteiger partial charge in [0.05, 0.1) is 24.5 Å². The van der Waals surface area contributed by atoms with E-state index in [9.17, 15) is 35.9 Å². The smallest absolute Gasteiger partial charge is 0.416 e. The fourth-order valence-corrected chi connectivity index (χ4v) is 3.38. The molecule has 0 bridgehead atoms. The zero-order valence-corrected chi connectivity index (χ0v) is 22.2. The quantitative estimate of drug-likeness (QED) is 0.166. The summed E-state index contributed by atoms with van der Waals surface area (Å²) in [7, 11) is 0. The summed E-state index contributed by atoms with van der Waals surface area (Å²) in [5.41, 5.74) is -0.475. The van der Waals surface area contributed by atoms with Crippen LogP contribution in [0.3, 0.4) is 0 Å². The summed E-state index contributed by atoms with van der Waals surface area (Å²) in [6, 6.07) is 2.95. The van der Waals surface area contributed by atoms with Crippen molar-refractivity contribution in [2.45, 2.75) is 73.2 Å². The molecule has 0 radical (unpaired) electrons. The number of nitrogens with zero attached hydrogens (tertiary/aromatic N) is 1. The molecular formula is C27H37F6NO3. The van der Waals surface area contributed by atoms with Crippen molar-refractivity contribution < 1.29 is 40.7 Å². The molecule has 0 heterocycles. The molecule has 1 aromatic rings. The van der Waals surface area contributed by atoms with Crippen LogP contribution >= 0.6 is 0 Å². The summed E-state index contributed by atoms with van der Waals surface area (Å²) >= 11 is 0. The molecule has 1 atom stereocenters. The van der Waals surface area contributed by atoms with Gasteiger partial charge in [0, 0.05) is 20.0 Å². The maximum Gasteiger partial charge on any atom is 0.416 e. The molecule has 0 spiro atoms. The number of benzene rings is 1. The number of rotatable bonds is 11. The number of hydrogen-bond donors (Lipinski definition) is 0. The van der Waals surface area contributed by atoms with Crippen molar-refractivity contribution >= 4 is 18.0 Å². The predicted molar refractivity (Wildman–Crippen MR) is 133 cm³/mol. The van der Waals surface area contributed by atoms with Crippen LogP contribution in [-0.4, -0.2) is 42.6 Å². The lowest BCUT2D eigenvalue weighted by atomic mass is 9.98. The van der Waals surface area contributed by atoms with Gasteiger partial charge in [0.15, 0.2) is 0 Å². The highest BCUT2D eigenvalue weighted by atomic mass is 19.4. The van der Waals surface area contributed by atoms with Gasteiger partial charge in [-0.1, -0.05) is 43.7 Å². The number of carbonyl (C=O) groups excluding carboxylic acids is 2. The molecule has 10 heteroatoms. The van der Waals surface area contributed by atoms with Gasteiger partial charge in [-0.3, -0.25) is 9.59 Å². The molecule has 37 heavy (non-hydrogen) atoms. The van der Waals surface area contributed by atoms with E-state index in [-0.39, 0.29) is 36.5 Å². The molecule has 0 aliphatic carbocycles.